The Kier molecular flexibility index (Phi) is 11.6. The number of rotatable bonds is 16. The van der Waals surface area contributed by atoms with Gasteiger partial charge in [-0.05, 0) is 40.7 Å². The summed E-state index contributed by atoms with van der Waals surface area (Å²) in [7, 11) is 1.62. The van der Waals surface area contributed by atoms with Gasteiger partial charge < -0.3 is 19.3 Å². The Labute approximate surface area is 213 Å². The molecular weight excluding hydrogens is 436 g/mol. The molecule has 0 aliphatic carbocycles. The van der Waals surface area contributed by atoms with E-state index in [4.69, 9.17) is 14.2 Å². The molecule has 4 heteroatoms. The third kappa shape index (κ3) is 9.89. The van der Waals surface area contributed by atoms with Gasteiger partial charge in [-0.2, -0.15) is 0 Å². The molecule has 194 valence electrons. The van der Waals surface area contributed by atoms with Crippen LogP contribution in [0.25, 0.3) is 0 Å². The Morgan fingerprint density at radius 1 is 0.857 bits per heavy atom. The standard InChI is InChI=1S/C31H46O4/c1-8-30(3,4)23-31(5,6)19-24(2)28(34-21-25-15-11-9-12-16-25)29(27(20-32)33-7)35-22-26-17-13-10-14-18-26/h8-18,24,27-29,32H,1,19-23H2,2-7H3. The molecule has 0 spiro atoms. The number of ether oxygens (including phenoxy) is 3. The quantitative estimate of drug-likeness (QED) is 0.267. The molecule has 1 N–H and O–H groups in total. The Bertz CT molecular complexity index is 843. The van der Waals surface area contributed by atoms with Crippen LogP contribution in [0, 0.1) is 16.7 Å². The first-order valence-electron chi connectivity index (χ1n) is 12.7. The van der Waals surface area contributed by atoms with Crippen LogP contribution in [0.5, 0.6) is 0 Å². The molecule has 0 fully saturated rings. The molecule has 35 heavy (non-hydrogen) atoms. The van der Waals surface area contributed by atoms with Crippen molar-refractivity contribution in [2.75, 3.05) is 13.7 Å². The first-order valence-corrected chi connectivity index (χ1v) is 12.7. The number of allylic oxidation sites excluding steroid dienone is 1. The number of hydrogen-bond acceptors (Lipinski definition) is 4. The Morgan fingerprint density at radius 2 is 1.34 bits per heavy atom. The first kappa shape index (κ1) is 29.3. The maximum Gasteiger partial charge on any atom is 0.113 e. The lowest BCUT2D eigenvalue weighted by molar-refractivity contribution is -0.166. The summed E-state index contributed by atoms with van der Waals surface area (Å²) in [6, 6.07) is 20.3. The first-order chi connectivity index (χ1) is 16.6. The lowest BCUT2D eigenvalue weighted by atomic mass is 9.70. The summed E-state index contributed by atoms with van der Waals surface area (Å²) >= 11 is 0. The van der Waals surface area contributed by atoms with Crippen molar-refractivity contribution in [1.82, 2.24) is 0 Å². The molecule has 4 unspecified atom stereocenters. The average Bonchev–Trinajstić information content (AvgIpc) is 2.83. The zero-order valence-electron chi connectivity index (χ0n) is 22.6. The summed E-state index contributed by atoms with van der Waals surface area (Å²) in [5, 5.41) is 10.2. The number of aliphatic hydroxyl groups is 1. The van der Waals surface area contributed by atoms with E-state index >= 15 is 0 Å². The summed E-state index contributed by atoms with van der Waals surface area (Å²) in [6.07, 6.45) is 2.82. The van der Waals surface area contributed by atoms with Gasteiger partial charge in [0.15, 0.2) is 0 Å². The van der Waals surface area contributed by atoms with Crippen LogP contribution in [-0.2, 0) is 27.4 Å². The second kappa shape index (κ2) is 13.9. The van der Waals surface area contributed by atoms with Gasteiger partial charge >= 0.3 is 0 Å². The van der Waals surface area contributed by atoms with Gasteiger partial charge in [0.25, 0.3) is 0 Å². The van der Waals surface area contributed by atoms with Gasteiger partial charge in [0, 0.05) is 7.11 Å². The summed E-state index contributed by atoms with van der Waals surface area (Å²) in [4.78, 5) is 0. The highest BCUT2D eigenvalue weighted by atomic mass is 16.6. The molecule has 0 amide bonds. The summed E-state index contributed by atoms with van der Waals surface area (Å²) in [6.45, 7) is 16.1. The minimum Gasteiger partial charge on any atom is -0.394 e. The van der Waals surface area contributed by atoms with Gasteiger partial charge in [0.1, 0.15) is 12.2 Å². The summed E-state index contributed by atoms with van der Waals surface area (Å²) in [5.41, 5.74) is 2.30. The van der Waals surface area contributed by atoms with Crippen LogP contribution < -0.4 is 0 Å². The second-order valence-electron chi connectivity index (χ2n) is 11.2. The minimum absolute atomic E-state index is 0.0486. The molecule has 0 aliphatic heterocycles. The van der Waals surface area contributed by atoms with Crippen molar-refractivity contribution in [2.45, 2.75) is 79.0 Å². The van der Waals surface area contributed by atoms with Crippen molar-refractivity contribution >= 4 is 0 Å². The molecule has 0 saturated heterocycles. The maximum atomic E-state index is 10.2. The minimum atomic E-state index is -0.491. The highest BCUT2D eigenvalue weighted by Gasteiger charge is 2.38. The molecule has 0 radical (unpaired) electrons. The summed E-state index contributed by atoms with van der Waals surface area (Å²) in [5.74, 6) is 0.166. The van der Waals surface area contributed by atoms with Crippen LogP contribution in [0.4, 0.5) is 0 Å². The highest BCUT2D eigenvalue weighted by Crippen LogP contribution is 2.40. The lowest BCUT2D eigenvalue weighted by Crippen LogP contribution is -2.48. The van der Waals surface area contributed by atoms with E-state index in [1.54, 1.807) is 7.11 Å². The SMILES string of the molecule is C=CC(C)(C)CC(C)(C)CC(C)C(OCc1ccccc1)C(OCc1ccccc1)C(CO)OC. The zero-order chi connectivity index (χ0) is 25.9. The molecule has 4 atom stereocenters. The normalized spacial score (nSPS) is 15.9. The maximum absolute atomic E-state index is 10.2. The third-order valence-electron chi connectivity index (χ3n) is 6.67. The van der Waals surface area contributed by atoms with Crippen LogP contribution >= 0.6 is 0 Å². The van der Waals surface area contributed by atoms with Gasteiger partial charge in [-0.3, -0.25) is 0 Å². The van der Waals surface area contributed by atoms with Gasteiger partial charge in [-0.25, -0.2) is 0 Å². The number of aliphatic hydroxyl groups excluding tert-OH is 1. The van der Waals surface area contributed by atoms with Crippen molar-refractivity contribution in [2.24, 2.45) is 16.7 Å². The van der Waals surface area contributed by atoms with Crippen molar-refractivity contribution < 1.29 is 19.3 Å². The fourth-order valence-electron chi connectivity index (χ4n) is 5.21. The van der Waals surface area contributed by atoms with Gasteiger partial charge in [0.2, 0.25) is 0 Å². The lowest BCUT2D eigenvalue weighted by Gasteiger charge is -2.40. The molecular formula is C31H46O4. The smallest absolute Gasteiger partial charge is 0.113 e. The molecule has 2 aromatic rings. The number of benzene rings is 2. The fourth-order valence-corrected chi connectivity index (χ4v) is 5.21. The molecule has 0 heterocycles. The van der Waals surface area contributed by atoms with Gasteiger partial charge in [-0.15, -0.1) is 6.58 Å². The van der Waals surface area contributed by atoms with Crippen LogP contribution in [-0.4, -0.2) is 37.1 Å². The molecule has 2 rings (SSSR count). The van der Waals surface area contributed by atoms with E-state index in [0.717, 1.165) is 24.0 Å². The molecule has 0 saturated carbocycles. The number of methoxy groups -OCH3 is 1. The van der Waals surface area contributed by atoms with Gasteiger partial charge in [-0.1, -0.05) is 101 Å². The Balaban J connectivity index is 2.30. The predicted octanol–water partition coefficient (Wildman–Crippen LogP) is 6.82. The fraction of sp³-hybridized carbons (Fsp3) is 0.548. The molecule has 0 aromatic heterocycles. The van der Waals surface area contributed by atoms with E-state index in [-0.39, 0.29) is 29.5 Å². The molecule has 4 nitrogen and oxygen atoms in total. The topological polar surface area (TPSA) is 47.9 Å². The Hall–Kier alpha value is -1.98. The van der Waals surface area contributed by atoms with E-state index in [1.165, 1.54) is 0 Å². The van der Waals surface area contributed by atoms with Crippen molar-refractivity contribution in [3.8, 4) is 0 Å². The van der Waals surface area contributed by atoms with E-state index in [0.29, 0.717) is 13.2 Å². The van der Waals surface area contributed by atoms with Crippen molar-refractivity contribution in [3.63, 3.8) is 0 Å². The summed E-state index contributed by atoms with van der Waals surface area (Å²) < 4.78 is 18.7. The second-order valence-corrected chi connectivity index (χ2v) is 11.2. The molecule has 0 aliphatic rings. The van der Waals surface area contributed by atoms with E-state index < -0.39 is 12.2 Å². The monoisotopic (exact) mass is 482 g/mol. The van der Waals surface area contributed by atoms with E-state index in [2.05, 4.69) is 53.3 Å². The zero-order valence-corrected chi connectivity index (χ0v) is 22.6. The van der Waals surface area contributed by atoms with Crippen LogP contribution in [0.1, 0.15) is 58.6 Å². The van der Waals surface area contributed by atoms with Gasteiger partial charge in [0.05, 0.1) is 25.9 Å². The van der Waals surface area contributed by atoms with Crippen LogP contribution in [0.3, 0.4) is 0 Å². The third-order valence-corrected chi connectivity index (χ3v) is 6.67. The molecule has 2 aromatic carbocycles. The van der Waals surface area contributed by atoms with E-state index in [9.17, 15) is 5.11 Å². The molecule has 0 bridgehead atoms. The largest absolute Gasteiger partial charge is 0.394 e. The van der Waals surface area contributed by atoms with Crippen LogP contribution in [0.2, 0.25) is 0 Å². The Morgan fingerprint density at radius 3 is 1.77 bits per heavy atom. The number of hydrogen-bond donors (Lipinski definition) is 1. The average molecular weight is 483 g/mol. The highest BCUT2D eigenvalue weighted by molar-refractivity contribution is 5.14. The van der Waals surface area contributed by atoms with Crippen LogP contribution in [0.15, 0.2) is 73.3 Å². The van der Waals surface area contributed by atoms with E-state index in [1.807, 2.05) is 54.6 Å². The van der Waals surface area contributed by atoms with Crippen molar-refractivity contribution in [1.29, 1.82) is 0 Å². The van der Waals surface area contributed by atoms with Crippen molar-refractivity contribution in [3.05, 3.63) is 84.4 Å². The predicted molar refractivity (Wildman–Crippen MR) is 144 cm³/mol.